The maximum atomic E-state index is 5.32. The lowest BCUT2D eigenvalue weighted by molar-refractivity contribution is 0.942. The average Bonchev–Trinajstić information content (AvgIpc) is 2.42. The van der Waals surface area contributed by atoms with Gasteiger partial charge in [0.15, 0.2) is 0 Å². The smallest absolute Gasteiger partial charge is 0.218 e. The fourth-order valence-electron chi connectivity index (χ4n) is 1.44. The van der Waals surface area contributed by atoms with E-state index in [1.54, 1.807) is 0 Å². The number of nitrogens with zero attached hydrogens (tertiary/aromatic N) is 2. The van der Waals surface area contributed by atoms with Gasteiger partial charge in [-0.3, -0.25) is 5.43 Å². The third kappa shape index (κ3) is 1.15. The molecule has 0 atom stereocenters. The Morgan fingerprint density at radius 1 is 1.46 bits per heavy atom. The van der Waals surface area contributed by atoms with Crippen molar-refractivity contribution in [3.63, 3.8) is 0 Å². The van der Waals surface area contributed by atoms with Crippen LogP contribution in [0.1, 0.15) is 5.56 Å². The highest BCUT2D eigenvalue weighted by Gasteiger charge is 2.04. The lowest BCUT2D eigenvalue weighted by atomic mass is 10.2. The molecular formula is C9H12N4. The molecule has 0 aliphatic rings. The highest BCUT2D eigenvalue weighted by atomic mass is 15.3. The van der Waals surface area contributed by atoms with Crippen LogP contribution in [-0.4, -0.2) is 9.55 Å². The van der Waals surface area contributed by atoms with E-state index in [1.165, 1.54) is 5.56 Å². The van der Waals surface area contributed by atoms with E-state index in [1.807, 2.05) is 30.7 Å². The van der Waals surface area contributed by atoms with E-state index in [4.69, 9.17) is 5.84 Å². The van der Waals surface area contributed by atoms with Crippen LogP contribution in [0.2, 0.25) is 0 Å². The van der Waals surface area contributed by atoms with Crippen molar-refractivity contribution >= 4 is 17.0 Å². The molecule has 4 nitrogen and oxygen atoms in total. The summed E-state index contributed by atoms with van der Waals surface area (Å²) in [7, 11) is 1.93. The van der Waals surface area contributed by atoms with Crippen LogP contribution < -0.4 is 11.3 Å². The molecule has 68 valence electrons. The monoisotopic (exact) mass is 176 g/mol. The van der Waals surface area contributed by atoms with Gasteiger partial charge in [-0.1, -0.05) is 6.07 Å². The zero-order valence-electron chi connectivity index (χ0n) is 7.70. The molecule has 1 aromatic heterocycles. The summed E-state index contributed by atoms with van der Waals surface area (Å²) in [5.41, 5.74) is 5.81. The number of benzene rings is 1. The molecule has 13 heavy (non-hydrogen) atoms. The predicted octanol–water partition coefficient (Wildman–Crippen LogP) is 1.17. The Balaban J connectivity index is 2.76. The van der Waals surface area contributed by atoms with Crippen LogP contribution in [0.5, 0.6) is 0 Å². The summed E-state index contributed by atoms with van der Waals surface area (Å²) in [6.45, 7) is 2.05. The molecule has 4 heteroatoms. The van der Waals surface area contributed by atoms with Crippen molar-refractivity contribution in [2.75, 3.05) is 5.43 Å². The number of nitrogens with one attached hydrogen (secondary N) is 1. The fraction of sp³-hybridized carbons (Fsp3) is 0.222. The lowest BCUT2D eigenvalue weighted by Crippen LogP contribution is -2.11. The molecular weight excluding hydrogens is 164 g/mol. The molecule has 3 N–H and O–H groups in total. The summed E-state index contributed by atoms with van der Waals surface area (Å²) >= 11 is 0. The van der Waals surface area contributed by atoms with Gasteiger partial charge in [0.25, 0.3) is 0 Å². The summed E-state index contributed by atoms with van der Waals surface area (Å²) in [5.74, 6) is 6.00. The summed E-state index contributed by atoms with van der Waals surface area (Å²) in [6, 6.07) is 6.14. The van der Waals surface area contributed by atoms with Gasteiger partial charge in [-0.25, -0.2) is 10.8 Å². The maximum absolute atomic E-state index is 5.32. The van der Waals surface area contributed by atoms with Gasteiger partial charge in [-0.2, -0.15) is 0 Å². The van der Waals surface area contributed by atoms with Gasteiger partial charge in [0.1, 0.15) is 0 Å². The maximum Gasteiger partial charge on any atom is 0.218 e. The largest absolute Gasteiger partial charge is 0.312 e. The first kappa shape index (κ1) is 8.07. The molecule has 0 radical (unpaired) electrons. The number of hydrogen-bond acceptors (Lipinski definition) is 3. The van der Waals surface area contributed by atoms with Gasteiger partial charge >= 0.3 is 0 Å². The minimum Gasteiger partial charge on any atom is -0.312 e. The number of aryl methyl sites for hydroxylation is 2. The van der Waals surface area contributed by atoms with Crippen LogP contribution in [0.15, 0.2) is 18.2 Å². The minimum absolute atomic E-state index is 0.681. The van der Waals surface area contributed by atoms with Crippen molar-refractivity contribution in [1.29, 1.82) is 0 Å². The Hall–Kier alpha value is -1.55. The number of aromatic nitrogens is 2. The second-order valence-electron chi connectivity index (χ2n) is 3.13. The lowest BCUT2D eigenvalue weighted by Gasteiger charge is -1.98. The minimum atomic E-state index is 0.681. The van der Waals surface area contributed by atoms with Crippen LogP contribution in [0, 0.1) is 6.92 Å². The standard InChI is InChI=1S/C9H12N4/c1-6-3-4-8-7(5-6)11-9(12-10)13(8)2/h3-5H,10H2,1-2H3,(H,11,12). The van der Waals surface area contributed by atoms with Crippen molar-refractivity contribution in [3.05, 3.63) is 23.8 Å². The molecule has 0 amide bonds. The van der Waals surface area contributed by atoms with E-state index in [9.17, 15) is 0 Å². The first-order valence-electron chi connectivity index (χ1n) is 4.12. The first-order valence-corrected chi connectivity index (χ1v) is 4.12. The normalized spacial score (nSPS) is 10.7. The van der Waals surface area contributed by atoms with E-state index in [0.717, 1.165) is 11.0 Å². The van der Waals surface area contributed by atoms with Crippen molar-refractivity contribution in [2.45, 2.75) is 6.92 Å². The molecule has 0 aliphatic carbocycles. The van der Waals surface area contributed by atoms with Gasteiger partial charge in [0.2, 0.25) is 5.95 Å². The van der Waals surface area contributed by atoms with Gasteiger partial charge in [-0.15, -0.1) is 0 Å². The Labute approximate surface area is 76.3 Å². The Bertz CT molecular complexity index is 444. The van der Waals surface area contributed by atoms with E-state index >= 15 is 0 Å². The zero-order chi connectivity index (χ0) is 9.42. The molecule has 2 aromatic rings. The molecule has 1 heterocycles. The molecule has 0 spiro atoms. The summed E-state index contributed by atoms with van der Waals surface area (Å²) in [4.78, 5) is 4.32. The van der Waals surface area contributed by atoms with Gasteiger partial charge in [0.05, 0.1) is 11.0 Å². The molecule has 0 unspecified atom stereocenters. The highest BCUT2D eigenvalue weighted by Crippen LogP contribution is 2.18. The molecule has 2 rings (SSSR count). The summed E-state index contributed by atoms with van der Waals surface area (Å²) < 4.78 is 1.93. The Morgan fingerprint density at radius 2 is 2.23 bits per heavy atom. The van der Waals surface area contributed by atoms with Gasteiger partial charge in [-0.05, 0) is 24.6 Å². The number of nitrogen functional groups attached to an aromatic ring is 1. The van der Waals surface area contributed by atoms with Crippen LogP contribution >= 0.6 is 0 Å². The quantitative estimate of drug-likeness (QED) is 0.506. The van der Waals surface area contributed by atoms with E-state index < -0.39 is 0 Å². The summed E-state index contributed by atoms with van der Waals surface area (Å²) in [6.07, 6.45) is 0. The summed E-state index contributed by atoms with van der Waals surface area (Å²) in [5, 5.41) is 0. The second kappa shape index (κ2) is 2.74. The van der Waals surface area contributed by atoms with Crippen LogP contribution in [-0.2, 0) is 7.05 Å². The average molecular weight is 176 g/mol. The van der Waals surface area contributed by atoms with Crippen LogP contribution in [0.4, 0.5) is 5.95 Å². The number of hydrazine groups is 1. The third-order valence-electron chi connectivity index (χ3n) is 2.17. The number of fused-ring (bicyclic) bond motifs is 1. The van der Waals surface area contributed by atoms with Crippen LogP contribution in [0.25, 0.3) is 11.0 Å². The number of anilines is 1. The topological polar surface area (TPSA) is 55.9 Å². The highest BCUT2D eigenvalue weighted by molar-refractivity contribution is 5.79. The molecule has 0 fully saturated rings. The SMILES string of the molecule is Cc1ccc2c(c1)nc(NN)n2C. The molecule has 0 aliphatic heterocycles. The number of rotatable bonds is 1. The molecule has 0 saturated carbocycles. The Morgan fingerprint density at radius 3 is 2.92 bits per heavy atom. The predicted molar refractivity (Wildman–Crippen MR) is 53.3 cm³/mol. The van der Waals surface area contributed by atoms with Gasteiger partial charge < -0.3 is 4.57 Å². The van der Waals surface area contributed by atoms with E-state index in [0.29, 0.717) is 5.95 Å². The van der Waals surface area contributed by atoms with E-state index in [2.05, 4.69) is 16.5 Å². The van der Waals surface area contributed by atoms with Crippen molar-refractivity contribution in [2.24, 2.45) is 12.9 Å². The number of imidazole rings is 1. The number of nitrogens with two attached hydrogens (primary N) is 1. The molecule has 1 aromatic carbocycles. The van der Waals surface area contributed by atoms with Crippen molar-refractivity contribution in [1.82, 2.24) is 9.55 Å². The first-order chi connectivity index (χ1) is 6.22. The second-order valence-corrected chi connectivity index (χ2v) is 3.13. The van der Waals surface area contributed by atoms with Crippen LogP contribution in [0.3, 0.4) is 0 Å². The van der Waals surface area contributed by atoms with Gasteiger partial charge in [0, 0.05) is 7.05 Å². The van der Waals surface area contributed by atoms with Crippen molar-refractivity contribution in [3.8, 4) is 0 Å². The number of hydrogen-bond donors (Lipinski definition) is 2. The molecule has 0 saturated heterocycles. The zero-order valence-corrected chi connectivity index (χ0v) is 7.70. The van der Waals surface area contributed by atoms with Crippen molar-refractivity contribution < 1.29 is 0 Å². The molecule has 0 bridgehead atoms. The third-order valence-corrected chi connectivity index (χ3v) is 2.17. The fourth-order valence-corrected chi connectivity index (χ4v) is 1.44. The Kier molecular flexibility index (Phi) is 1.70. The van der Waals surface area contributed by atoms with E-state index in [-0.39, 0.29) is 0 Å².